The molecule has 0 aliphatic rings. The number of hydrogen-bond donors (Lipinski definition) is 3. The van der Waals surface area contributed by atoms with Gasteiger partial charge in [0.1, 0.15) is 5.82 Å². The van der Waals surface area contributed by atoms with Crippen LogP contribution >= 0.6 is 0 Å². The highest BCUT2D eigenvalue weighted by Crippen LogP contribution is 2.16. The van der Waals surface area contributed by atoms with E-state index in [1.165, 1.54) is 12.1 Å². The quantitative estimate of drug-likeness (QED) is 0.561. The van der Waals surface area contributed by atoms with Crippen LogP contribution in [0.1, 0.15) is 5.56 Å². The summed E-state index contributed by atoms with van der Waals surface area (Å²) in [6.45, 7) is 0.0650. The van der Waals surface area contributed by atoms with Crippen molar-refractivity contribution in [2.75, 3.05) is 5.48 Å². The van der Waals surface area contributed by atoms with Crippen LogP contribution in [0.15, 0.2) is 18.2 Å². The highest BCUT2D eigenvalue weighted by molar-refractivity contribution is 5.49. The van der Waals surface area contributed by atoms with Gasteiger partial charge in [-0.05, 0) is 12.1 Å². The van der Waals surface area contributed by atoms with Crippen LogP contribution in [0.3, 0.4) is 0 Å². The average Bonchev–Trinajstić information content (AvgIpc) is 2.04. The van der Waals surface area contributed by atoms with E-state index >= 15 is 0 Å². The average molecular weight is 156 g/mol. The topological polar surface area (TPSA) is 58.3 Å². The lowest BCUT2D eigenvalue weighted by atomic mass is 10.2. The Balaban J connectivity index is 3.13. The molecule has 0 saturated carbocycles. The van der Waals surface area contributed by atoms with Gasteiger partial charge in [-0.1, -0.05) is 6.07 Å². The molecule has 1 rings (SSSR count). The number of anilines is 1. The SMILES string of the molecule is NCc1c(F)cccc1NO. The van der Waals surface area contributed by atoms with Gasteiger partial charge in [0.15, 0.2) is 0 Å². The van der Waals surface area contributed by atoms with Crippen molar-refractivity contribution < 1.29 is 9.60 Å². The predicted molar refractivity (Wildman–Crippen MR) is 39.7 cm³/mol. The maximum atomic E-state index is 12.8. The molecule has 4 heteroatoms. The van der Waals surface area contributed by atoms with Crippen molar-refractivity contribution in [2.24, 2.45) is 5.73 Å². The summed E-state index contributed by atoms with van der Waals surface area (Å²) in [4.78, 5) is 0. The highest BCUT2D eigenvalue weighted by atomic mass is 19.1. The van der Waals surface area contributed by atoms with Gasteiger partial charge in [-0.2, -0.15) is 0 Å². The molecule has 0 unspecified atom stereocenters. The minimum absolute atomic E-state index is 0.0650. The molecule has 4 N–H and O–H groups in total. The Kier molecular flexibility index (Phi) is 2.40. The van der Waals surface area contributed by atoms with Gasteiger partial charge in [-0.15, -0.1) is 0 Å². The van der Waals surface area contributed by atoms with Crippen molar-refractivity contribution >= 4 is 5.69 Å². The molecule has 11 heavy (non-hydrogen) atoms. The summed E-state index contributed by atoms with van der Waals surface area (Å²) < 4.78 is 12.8. The van der Waals surface area contributed by atoms with Crippen molar-refractivity contribution in [1.82, 2.24) is 0 Å². The van der Waals surface area contributed by atoms with Crippen molar-refractivity contribution in [3.63, 3.8) is 0 Å². The molecule has 1 aromatic carbocycles. The summed E-state index contributed by atoms with van der Waals surface area (Å²) in [5.41, 5.74) is 7.70. The fourth-order valence-corrected chi connectivity index (χ4v) is 0.871. The lowest BCUT2D eigenvalue weighted by molar-refractivity contribution is 0.387. The Bertz CT molecular complexity index is 252. The van der Waals surface area contributed by atoms with E-state index in [9.17, 15) is 4.39 Å². The van der Waals surface area contributed by atoms with Crippen molar-refractivity contribution in [3.8, 4) is 0 Å². The summed E-state index contributed by atoms with van der Waals surface area (Å²) in [7, 11) is 0. The zero-order valence-corrected chi connectivity index (χ0v) is 5.84. The lowest BCUT2D eigenvalue weighted by Crippen LogP contribution is -2.04. The molecular formula is C7H9FN2O. The molecule has 0 amide bonds. The molecule has 0 heterocycles. The fourth-order valence-electron chi connectivity index (χ4n) is 0.871. The number of halogens is 1. The predicted octanol–water partition coefficient (Wildman–Crippen LogP) is 1.09. The number of rotatable bonds is 2. The molecule has 0 atom stereocenters. The van der Waals surface area contributed by atoms with Crippen LogP contribution in [0.25, 0.3) is 0 Å². The van der Waals surface area contributed by atoms with Gasteiger partial charge in [0.05, 0.1) is 5.69 Å². The molecule has 0 aromatic heterocycles. The van der Waals surface area contributed by atoms with E-state index in [0.717, 1.165) is 0 Å². The van der Waals surface area contributed by atoms with Gasteiger partial charge in [-0.3, -0.25) is 10.7 Å². The first kappa shape index (κ1) is 7.97. The van der Waals surface area contributed by atoms with Gasteiger partial charge < -0.3 is 5.73 Å². The molecule has 1 aromatic rings. The van der Waals surface area contributed by atoms with Gasteiger partial charge in [0, 0.05) is 12.1 Å². The van der Waals surface area contributed by atoms with E-state index in [1.54, 1.807) is 6.07 Å². The second kappa shape index (κ2) is 3.32. The third kappa shape index (κ3) is 1.47. The summed E-state index contributed by atoms with van der Waals surface area (Å²) >= 11 is 0. The molecule has 0 aliphatic carbocycles. The summed E-state index contributed by atoms with van der Waals surface area (Å²) in [6, 6.07) is 4.33. The normalized spacial score (nSPS) is 9.73. The third-order valence-corrected chi connectivity index (χ3v) is 1.44. The third-order valence-electron chi connectivity index (χ3n) is 1.44. The molecule has 0 bridgehead atoms. The van der Waals surface area contributed by atoms with E-state index in [1.807, 2.05) is 5.48 Å². The maximum Gasteiger partial charge on any atom is 0.129 e. The Morgan fingerprint density at radius 3 is 2.73 bits per heavy atom. The zero-order valence-electron chi connectivity index (χ0n) is 5.84. The second-order valence-corrected chi connectivity index (χ2v) is 2.08. The van der Waals surface area contributed by atoms with Gasteiger partial charge >= 0.3 is 0 Å². The molecule has 0 spiro atoms. The summed E-state index contributed by atoms with van der Waals surface area (Å²) in [5, 5.41) is 8.50. The first-order valence-corrected chi connectivity index (χ1v) is 3.17. The number of benzene rings is 1. The molecule has 0 radical (unpaired) electrons. The minimum atomic E-state index is -0.411. The lowest BCUT2D eigenvalue weighted by Gasteiger charge is -2.05. The molecule has 0 aliphatic heterocycles. The van der Waals surface area contributed by atoms with E-state index in [2.05, 4.69) is 0 Å². The largest absolute Gasteiger partial charge is 0.326 e. The van der Waals surface area contributed by atoms with E-state index in [0.29, 0.717) is 5.69 Å². The van der Waals surface area contributed by atoms with Crippen LogP contribution in [0.4, 0.5) is 10.1 Å². The Hall–Kier alpha value is -1.13. The van der Waals surface area contributed by atoms with Crippen molar-refractivity contribution in [3.05, 3.63) is 29.6 Å². The Morgan fingerprint density at radius 2 is 2.27 bits per heavy atom. The smallest absolute Gasteiger partial charge is 0.129 e. The van der Waals surface area contributed by atoms with Crippen molar-refractivity contribution in [2.45, 2.75) is 6.54 Å². The van der Waals surface area contributed by atoms with E-state index < -0.39 is 5.82 Å². The van der Waals surface area contributed by atoms with Gasteiger partial charge in [-0.25, -0.2) is 4.39 Å². The second-order valence-electron chi connectivity index (χ2n) is 2.08. The first-order valence-electron chi connectivity index (χ1n) is 3.17. The fraction of sp³-hybridized carbons (Fsp3) is 0.143. The monoisotopic (exact) mass is 156 g/mol. The first-order chi connectivity index (χ1) is 5.29. The Morgan fingerprint density at radius 1 is 1.55 bits per heavy atom. The zero-order chi connectivity index (χ0) is 8.27. The summed E-state index contributed by atoms with van der Waals surface area (Å²) in [5.74, 6) is -0.411. The van der Waals surface area contributed by atoms with Crippen LogP contribution in [0.5, 0.6) is 0 Å². The molecular weight excluding hydrogens is 147 g/mol. The Labute approximate surface area is 63.6 Å². The van der Waals surface area contributed by atoms with Crippen LogP contribution in [-0.4, -0.2) is 5.21 Å². The standard InChI is InChI=1S/C7H9FN2O/c8-6-2-1-3-7(10-11)5(6)4-9/h1-3,10-11H,4,9H2. The number of nitrogens with one attached hydrogen (secondary N) is 1. The molecule has 0 fully saturated rings. The van der Waals surface area contributed by atoms with Gasteiger partial charge in [0.25, 0.3) is 0 Å². The molecule has 3 nitrogen and oxygen atoms in total. The highest BCUT2D eigenvalue weighted by Gasteiger charge is 2.04. The van der Waals surface area contributed by atoms with E-state index in [4.69, 9.17) is 10.9 Å². The minimum Gasteiger partial charge on any atom is -0.326 e. The van der Waals surface area contributed by atoms with Crippen LogP contribution in [-0.2, 0) is 6.54 Å². The van der Waals surface area contributed by atoms with Gasteiger partial charge in [0.2, 0.25) is 0 Å². The number of nitrogens with two attached hydrogens (primary N) is 1. The summed E-state index contributed by atoms with van der Waals surface area (Å²) in [6.07, 6.45) is 0. The molecule has 0 saturated heterocycles. The molecule has 60 valence electrons. The van der Waals surface area contributed by atoms with Crippen molar-refractivity contribution in [1.29, 1.82) is 0 Å². The van der Waals surface area contributed by atoms with E-state index in [-0.39, 0.29) is 12.1 Å². The van der Waals surface area contributed by atoms with Crippen LogP contribution in [0, 0.1) is 5.82 Å². The van der Waals surface area contributed by atoms with Crippen LogP contribution < -0.4 is 11.2 Å². The maximum absolute atomic E-state index is 12.8. The van der Waals surface area contributed by atoms with Crippen LogP contribution in [0.2, 0.25) is 0 Å². The number of hydrogen-bond acceptors (Lipinski definition) is 3.